The Morgan fingerprint density at radius 3 is 2.58 bits per heavy atom. The van der Waals surface area contributed by atoms with E-state index in [0.717, 1.165) is 31.3 Å². The van der Waals surface area contributed by atoms with Crippen molar-refractivity contribution < 1.29 is 33.6 Å². The lowest BCUT2D eigenvalue weighted by Gasteiger charge is -2.39. The predicted molar refractivity (Wildman–Crippen MR) is 136 cm³/mol. The number of carbonyl (C=O) groups excluding carboxylic acids is 2. The van der Waals surface area contributed by atoms with Crippen LogP contribution in [0, 0.1) is 5.92 Å². The topological polar surface area (TPSA) is 107 Å². The number of esters is 1. The maximum atomic E-state index is 12.3. The van der Waals surface area contributed by atoms with Gasteiger partial charge in [0.1, 0.15) is 23.9 Å². The molecule has 1 spiro atoms. The molecule has 3 aliphatic heterocycles. The summed E-state index contributed by atoms with van der Waals surface area (Å²) in [5, 5.41) is 13.7. The molecule has 0 aromatic heterocycles. The van der Waals surface area contributed by atoms with Gasteiger partial charge in [-0.3, -0.25) is 9.59 Å². The van der Waals surface area contributed by atoms with E-state index in [4.69, 9.17) is 18.9 Å². The van der Waals surface area contributed by atoms with Gasteiger partial charge in [0, 0.05) is 19.4 Å². The molecule has 9 atom stereocenters. The van der Waals surface area contributed by atoms with Gasteiger partial charge in [0.15, 0.2) is 0 Å². The molecule has 0 saturated carbocycles. The van der Waals surface area contributed by atoms with Crippen molar-refractivity contribution in [3.05, 3.63) is 36.0 Å². The molecule has 3 rings (SSSR count). The van der Waals surface area contributed by atoms with Crippen LogP contribution in [0.1, 0.15) is 67.2 Å². The monoisotopic (exact) mass is 505 g/mol. The van der Waals surface area contributed by atoms with E-state index in [0.29, 0.717) is 6.61 Å². The lowest BCUT2D eigenvalue weighted by Crippen LogP contribution is -2.50. The second-order valence-electron chi connectivity index (χ2n) is 10.6. The summed E-state index contributed by atoms with van der Waals surface area (Å²) >= 11 is 0. The van der Waals surface area contributed by atoms with Crippen molar-refractivity contribution >= 4 is 11.9 Å². The van der Waals surface area contributed by atoms with Crippen LogP contribution in [0.5, 0.6) is 0 Å². The Labute approximate surface area is 215 Å². The van der Waals surface area contributed by atoms with Gasteiger partial charge >= 0.3 is 5.97 Å². The first-order valence-electron chi connectivity index (χ1n) is 13.2. The number of ether oxygens (including phenoxy) is 4. The molecule has 3 saturated heterocycles. The largest absolute Gasteiger partial charge is 0.459 e. The highest BCUT2D eigenvalue weighted by molar-refractivity contribution is 5.87. The van der Waals surface area contributed by atoms with Gasteiger partial charge in [-0.15, -0.1) is 0 Å². The van der Waals surface area contributed by atoms with Crippen molar-refractivity contribution in [3.63, 3.8) is 0 Å². The fourth-order valence-corrected chi connectivity index (χ4v) is 5.01. The Morgan fingerprint density at radius 1 is 1.22 bits per heavy atom. The number of amides is 1. The smallest absolute Gasteiger partial charge is 0.303 e. The van der Waals surface area contributed by atoms with E-state index in [1.165, 1.54) is 13.0 Å². The van der Waals surface area contributed by atoms with E-state index in [2.05, 4.69) is 25.2 Å². The summed E-state index contributed by atoms with van der Waals surface area (Å²) in [6, 6.07) is -0.0872. The Kier molecular flexibility index (Phi) is 9.92. The van der Waals surface area contributed by atoms with Crippen molar-refractivity contribution in [3.8, 4) is 0 Å². The first-order valence-corrected chi connectivity index (χ1v) is 13.2. The number of nitrogens with one attached hydrogen (secondary N) is 1. The Balaban J connectivity index is 1.48. The summed E-state index contributed by atoms with van der Waals surface area (Å²) in [6.45, 7) is 11.9. The fourth-order valence-electron chi connectivity index (χ4n) is 5.01. The van der Waals surface area contributed by atoms with Crippen LogP contribution in [0.3, 0.4) is 0 Å². The maximum Gasteiger partial charge on any atom is 0.303 e. The van der Waals surface area contributed by atoms with Gasteiger partial charge < -0.3 is 29.4 Å². The number of hydrogen-bond donors (Lipinski definition) is 2. The van der Waals surface area contributed by atoms with Gasteiger partial charge in [0.05, 0.1) is 31.0 Å². The molecule has 3 aliphatic rings. The summed E-state index contributed by atoms with van der Waals surface area (Å²) in [5.74, 6) is -0.339. The van der Waals surface area contributed by atoms with Crippen LogP contribution in [0.15, 0.2) is 36.0 Å². The molecule has 0 aromatic rings. The van der Waals surface area contributed by atoms with E-state index in [1.54, 1.807) is 13.0 Å². The van der Waals surface area contributed by atoms with Gasteiger partial charge in [0.25, 0.3) is 0 Å². The van der Waals surface area contributed by atoms with Crippen molar-refractivity contribution in [2.24, 2.45) is 5.92 Å². The molecule has 0 aliphatic carbocycles. The van der Waals surface area contributed by atoms with Gasteiger partial charge in [0.2, 0.25) is 5.91 Å². The standard InChI is InChI=1S/C28H43NO7/c1-7-22-15-28(16-33-28)27(32)25(36-22)12-9-17(2)8-11-24-18(3)14-23(20(5)35-24)29-26(31)13-10-19(4)34-21(6)30/h8-10,12-13,18-20,22-25,27,32H,7,11,14-16H2,1-6H3,(H,29,31)/b12-9+,13-10-,17-8+/t18-,19-,20+,22+,23+,24-,25+,27+,28+/m0/s1. The third kappa shape index (κ3) is 7.75. The van der Waals surface area contributed by atoms with Crippen LogP contribution in [0.25, 0.3) is 0 Å². The second-order valence-corrected chi connectivity index (χ2v) is 10.6. The average molecular weight is 506 g/mol. The van der Waals surface area contributed by atoms with Crippen molar-refractivity contribution in [2.45, 2.75) is 115 Å². The van der Waals surface area contributed by atoms with E-state index >= 15 is 0 Å². The summed E-state index contributed by atoms with van der Waals surface area (Å²) in [4.78, 5) is 23.3. The molecule has 0 bridgehead atoms. The molecule has 3 fully saturated rings. The third-order valence-electron chi connectivity index (χ3n) is 7.38. The molecule has 0 unspecified atom stereocenters. The van der Waals surface area contributed by atoms with Crippen molar-refractivity contribution in [2.75, 3.05) is 6.61 Å². The molecule has 1 amide bonds. The highest BCUT2D eigenvalue weighted by Crippen LogP contribution is 2.43. The van der Waals surface area contributed by atoms with Gasteiger partial charge in [-0.05, 0) is 52.0 Å². The minimum absolute atomic E-state index is 0.0557. The molecule has 0 radical (unpaired) electrons. The van der Waals surface area contributed by atoms with E-state index < -0.39 is 17.8 Å². The highest BCUT2D eigenvalue weighted by Gasteiger charge is 2.57. The second kappa shape index (κ2) is 12.5. The van der Waals surface area contributed by atoms with E-state index in [-0.39, 0.29) is 48.3 Å². The van der Waals surface area contributed by atoms with Crippen LogP contribution in [-0.4, -0.2) is 71.9 Å². The van der Waals surface area contributed by atoms with E-state index in [9.17, 15) is 14.7 Å². The Hall–Kier alpha value is -2.00. The maximum absolute atomic E-state index is 12.3. The lowest BCUT2D eigenvalue weighted by atomic mass is 9.87. The summed E-state index contributed by atoms with van der Waals surface area (Å²) < 4.78 is 22.9. The highest BCUT2D eigenvalue weighted by atomic mass is 16.6. The van der Waals surface area contributed by atoms with Gasteiger partial charge in [-0.25, -0.2) is 0 Å². The predicted octanol–water partition coefficient (Wildman–Crippen LogP) is 3.38. The van der Waals surface area contributed by atoms with E-state index in [1.807, 2.05) is 26.0 Å². The SMILES string of the molecule is CC[C@@H]1C[C@@]2(CO2)[C@H](O)[C@@H](/C=C/C(C)=C/C[C@@H]2O[C@H](C)[C@H](NC(=O)/C=C\[C@H](C)OC(C)=O)C[C@@H]2C)O1. The quantitative estimate of drug-likeness (QED) is 0.214. The first-order chi connectivity index (χ1) is 17.0. The summed E-state index contributed by atoms with van der Waals surface area (Å²) in [5.41, 5.74) is 0.663. The van der Waals surface area contributed by atoms with Gasteiger partial charge in [-0.2, -0.15) is 0 Å². The Morgan fingerprint density at radius 2 is 1.94 bits per heavy atom. The molecular formula is C28H43NO7. The number of carbonyl (C=O) groups is 2. The minimum atomic E-state index is -0.640. The van der Waals surface area contributed by atoms with Crippen LogP contribution >= 0.6 is 0 Å². The lowest BCUT2D eigenvalue weighted by molar-refractivity contribution is -0.143. The average Bonchev–Trinajstić information content (AvgIpc) is 3.59. The number of hydrogen-bond acceptors (Lipinski definition) is 7. The van der Waals surface area contributed by atoms with Crippen molar-refractivity contribution in [1.29, 1.82) is 0 Å². The Bertz CT molecular complexity index is 862. The molecule has 202 valence electrons. The normalized spacial score (nSPS) is 37.9. The summed E-state index contributed by atoms with van der Waals surface area (Å²) in [6.07, 6.45) is 10.9. The van der Waals surface area contributed by atoms with Crippen LogP contribution in [-0.2, 0) is 28.5 Å². The van der Waals surface area contributed by atoms with Crippen molar-refractivity contribution in [1.82, 2.24) is 5.32 Å². The molecule has 8 nitrogen and oxygen atoms in total. The number of aliphatic hydroxyl groups is 1. The number of epoxide rings is 1. The molecule has 0 aromatic carbocycles. The zero-order valence-corrected chi connectivity index (χ0v) is 22.4. The van der Waals surface area contributed by atoms with Crippen LogP contribution < -0.4 is 5.32 Å². The zero-order valence-electron chi connectivity index (χ0n) is 22.4. The molecule has 36 heavy (non-hydrogen) atoms. The number of allylic oxidation sites excluding steroid dienone is 2. The minimum Gasteiger partial charge on any atom is -0.459 e. The molecular weight excluding hydrogens is 462 g/mol. The zero-order chi connectivity index (χ0) is 26.5. The molecule has 2 N–H and O–H groups in total. The number of rotatable bonds is 9. The number of aliphatic hydroxyl groups excluding tert-OH is 1. The van der Waals surface area contributed by atoms with Gasteiger partial charge in [-0.1, -0.05) is 37.6 Å². The fraction of sp³-hybridized carbons (Fsp3) is 0.714. The summed E-state index contributed by atoms with van der Waals surface area (Å²) in [7, 11) is 0. The molecule has 8 heteroatoms. The van der Waals surface area contributed by atoms with Crippen LogP contribution in [0.4, 0.5) is 0 Å². The molecule has 3 heterocycles. The third-order valence-corrected chi connectivity index (χ3v) is 7.38. The van der Waals surface area contributed by atoms with Crippen LogP contribution in [0.2, 0.25) is 0 Å². The first kappa shape index (κ1) is 28.6.